The average molecular weight is 229 g/mol. The Morgan fingerprint density at radius 1 is 1.38 bits per heavy atom. The van der Waals surface area contributed by atoms with E-state index >= 15 is 0 Å². The van der Waals surface area contributed by atoms with Crippen molar-refractivity contribution in [1.82, 2.24) is 4.90 Å². The predicted octanol–water partition coefficient (Wildman–Crippen LogP) is 1.49. The fourth-order valence-corrected chi connectivity index (χ4v) is 2.70. The van der Waals surface area contributed by atoms with E-state index in [1.54, 1.807) is 0 Å². The van der Waals surface area contributed by atoms with Crippen LogP contribution in [0.2, 0.25) is 0 Å². The maximum atomic E-state index is 10.2. The van der Waals surface area contributed by atoms with Gasteiger partial charge in [0, 0.05) is 19.7 Å². The molecule has 0 aliphatic heterocycles. The van der Waals surface area contributed by atoms with Crippen LogP contribution in [-0.4, -0.2) is 47.5 Å². The zero-order chi connectivity index (χ0) is 12.2. The van der Waals surface area contributed by atoms with Gasteiger partial charge in [-0.2, -0.15) is 0 Å². The largest absolute Gasteiger partial charge is 0.396 e. The molecular weight excluding hydrogens is 202 g/mol. The van der Waals surface area contributed by atoms with Crippen LogP contribution in [0.5, 0.6) is 0 Å². The lowest BCUT2D eigenvalue weighted by molar-refractivity contribution is 0.0326. The van der Waals surface area contributed by atoms with Gasteiger partial charge in [-0.05, 0) is 37.1 Å². The molecule has 3 heteroatoms. The maximum Gasteiger partial charge on any atom is 0.0631 e. The summed E-state index contributed by atoms with van der Waals surface area (Å²) in [5.74, 6) is 0.411. The van der Waals surface area contributed by atoms with Gasteiger partial charge in [0.25, 0.3) is 0 Å². The van der Waals surface area contributed by atoms with E-state index in [0.29, 0.717) is 5.92 Å². The van der Waals surface area contributed by atoms with Crippen molar-refractivity contribution < 1.29 is 10.2 Å². The van der Waals surface area contributed by atoms with Crippen molar-refractivity contribution in [3.63, 3.8) is 0 Å². The molecule has 0 aromatic heterocycles. The van der Waals surface area contributed by atoms with Crippen LogP contribution in [0.15, 0.2) is 0 Å². The molecule has 0 spiro atoms. The van der Waals surface area contributed by atoms with E-state index in [1.807, 2.05) is 0 Å². The minimum absolute atomic E-state index is 0.0844. The van der Waals surface area contributed by atoms with Gasteiger partial charge in [0.2, 0.25) is 0 Å². The minimum atomic E-state index is -0.171. The van der Waals surface area contributed by atoms with Crippen LogP contribution in [-0.2, 0) is 0 Å². The molecule has 2 unspecified atom stereocenters. The third-order valence-electron chi connectivity index (χ3n) is 3.98. The third kappa shape index (κ3) is 3.44. The van der Waals surface area contributed by atoms with E-state index in [2.05, 4.69) is 25.7 Å². The molecule has 0 saturated heterocycles. The Morgan fingerprint density at radius 3 is 2.50 bits per heavy atom. The highest BCUT2D eigenvalue weighted by Crippen LogP contribution is 2.41. The molecule has 16 heavy (non-hydrogen) atoms. The van der Waals surface area contributed by atoms with E-state index in [-0.39, 0.29) is 18.1 Å². The summed E-state index contributed by atoms with van der Waals surface area (Å²) in [4.78, 5) is 2.34. The van der Waals surface area contributed by atoms with Gasteiger partial charge >= 0.3 is 0 Å². The lowest BCUT2D eigenvalue weighted by Crippen LogP contribution is -2.37. The molecule has 2 atom stereocenters. The van der Waals surface area contributed by atoms with Crippen molar-refractivity contribution in [2.75, 3.05) is 26.2 Å². The summed E-state index contributed by atoms with van der Waals surface area (Å²) in [6.45, 7) is 9.63. The summed E-state index contributed by atoms with van der Waals surface area (Å²) in [6, 6.07) is 0. The molecule has 0 amide bonds. The number of hydrogen-bond donors (Lipinski definition) is 2. The van der Waals surface area contributed by atoms with Crippen molar-refractivity contribution in [2.24, 2.45) is 11.3 Å². The summed E-state index contributed by atoms with van der Waals surface area (Å²) in [6.07, 6.45) is 2.91. The van der Waals surface area contributed by atoms with Crippen molar-refractivity contribution in [3.8, 4) is 0 Å². The quantitative estimate of drug-likeness (QED) is 0.725. The van der Waals surface area contributed by atoms with E-state index in [0.717, 1.165) is 38.9 Å². The summed E-state index contributed by atoms with van der Waals surface area (Å²) >= 11 is 0. The summed E-state index contributed by atoms with van der Waals surface area (Å²) < 4.78 is 0. The van der Waals surface area contributed by atoms with Gasteiger partial charge in [0.05, 0.1) is 6.10 Å². The lowest BCUT2D eigenvalue weighted by atomic mass is 9.87. The van der Waals surface area contributed by atoms with Crippen LogP contribution in [0, 0.1) is 11.3 Å². The van der Waals surface area contributed by atoms with Crippen molar-refractivity contribution in [2.45, 2.75) is 46.1 Å². The molecule has 0 radical (unpaired) electrons. The molecule has 0 bridgehead atoms. The predicted molar refractivity (Wildman–Crippen MR) is 66.3 cm³/mol. The number of aliphatic hydroxyl groups excluding tert-OH is 2. The molecule has 0 aromatic rings. The first kappa shape index (κ1) is 13.9. The van der Waals surface area contributed by atoms with Gasteiger partial charge in [0.15, 0.2) is 0 Å². The smallest absolute Gasteiger partial charge is 0.0631 e. The fraction of sp³-hybridized carbons (Fsp3) is 1.00. The molecule has 1 aliphatic rings. The van der Waals surface area contributed by atoms with Crippen LogP contribution in [0.3, 0.4) is 0 Å². The molecule has 96 valence electrons. The van der Waals surface area contributed by atoms with Crippen LogP contribution in [0.1, 0.15) is 40.0 Å². The van der Waals surface area contributed by atoms with Gasteiger partial charge in [-0.15, -0.1) is 0 Å². The third-order valence-corrected chi connectivity index (χ3v) is 3.98. The van der Waals surface area contributed by atoms with E-state index < -0.39 is 0 Å². The first-order valence-corrected chi connectivity index (χ1v) is 6.52. The van der Waals surface area contributed by atoms with Gasteiger partial charge in [-0.3, -0.25) is 0 Å². The second-order valence-corrected chi connectivity index (χ2v) is 5.70. The molecule has 1 fully saturated rings. The molecule has 1 rings (SSSR count). The lowest BCUT2D eigenvalue weighted by Gasteiger charge is -2.29. The highest BCUT2D eigenvalue weighted by molar-refractivity contribution is 4.92. The monoisotopic (exact) mass is 229 g/mol. The normalized spacial score (nSPS) is 28.9. The van der Waals surface area contributed by atoms with Crippen molar-refractivity contribution >= 4 is 0 Å². The number of rotatable bonds is 6. The number of aliphatic hydroxyl groups is 2. The van der Waals surface area contributed by atoms with Crippen LogP contribution >= 0.6 is 0 Å². The van der Waals surface area contributed by atoms with Crippen LogP contribution in [0.4, 0.5) is 0 Å². The minimum Gasteiger partial charge on any atom is -0.396 e. The van der Waals surface area contributed by atoms with Crippen molar-refractivity contribution in [1.29, 1.82) is 0 Å². The first-order chi connectivity index (χ1) is 7.51. The second kappa shape index (κ2) is 5.99. The Hall–Kier alpha value is -0.120. The van der Waals surface area contributed by atoms with Gasteiger partial charge in [0.1, 0.15) is 0 Å². The van der Waals surface area contributed by atoms with Crippen LogP contribution < -0.4 is 0 Å². The molecule has 0 heterocycles. The zero-order valence-electron chi connectivity index (χ0n) is 10.9. The molecule has 2 N–H and O–H groups in total. The Morgan fingerprint density at radius 2 is 2.06 bits per heavy atom. The molecule has 1 aliphatic carbocycles. The summed E-state index contributed by atoms with van der Waals surface area (Å²) in [5, 5.41) is 19.0. The highest BCUT2D eigenvalue weighted by Gasteiger charge is 2.40. The Bertz CT molecular complexity index is 206. The molecule has 0 aromatic carbocycles. The molecular formula is C13H27NO2. The number of nitrogens with zero attached hydrogens (tertiary/aromatic N) is 1. The summed E-state index contributed by atoms with van der Waals surface area (Å²) in [5.41, 5.74) is 0.0844. The fourth-order valence-electron chi connectivity index (χ4n) is 2.70. The maximum absolute atomic E-state index is 10.2. The highest BCUT2D eigenvalue weighted by atomic mass is 16.3. The molecule has 3 nitrogen and oxygen atoms in total. The molecule has 1 saturated carbocycles. The van der Waals surface area contributed by atoms with E-state index in [9.17, 15) is 5.11 Å². The Balaban J connectivity index is 2.41. The van der Waals surface area contributed by atoms with E-state index in [4.69, 9.17) is 5.11 Å². The zero-order valence-corrected chi connectivity index (χ0v) is 10.9. The Kier molecular flexibility index (Phi) is 5.22. The first-order valence-electron chi connectivity index (χ1n) is 6.52. The topological polar surface area (TPSA) is 43.7 Å². The SMILES string of the molecule is CCN(CCCO)CC1CCC(C)(C)C1O. The Labute approximate surface area is 99.5 Å². The van der Waals surface area contributed by atoms with Crippen molar-refractivity contribution in [3.05, 3.63) is 0 Å². The van der Waals surface area contributed by atoms with E-state index in [1.165, 1.54) is 0 Å². The van der Waals surface area contributed by atoms with Gasteiger partial charge in [-0.25, -0.2) is 0 Å². The standard InChI is InChI=1S/C13H27NO2/c1-4-14(8-5-9-15)10-11-6-7-13(2,3)12(11)16/h11-12,15-16H,4-10H2,1-3H3. The average Bonchev–Trinajstić information content (AvgIpc) is 2.50. The summed E-state index contributed by atoms with van der Waals surface area (Å²) in [7, 11) is 0. The second-order valence-electron chi connectivity index (χ2n) is 5.70. The van der Waals surface area contributed by atoms with Gasteiger partial charge < -0.3 is 15.1 Å². The number of hydrogen-bond acceptors (Lipinski definition) is 3. The van der Waals surface area contributed by atoms with Crippen LogP contribution in [0.25, 0.3) is 0 Å². The van der Waals surface area contributed by atoms with Gasteiger partial charge in [-0.1, -0.05) is 20.8 Å².